The maximum absolute atomic E-state index is 12.1. The van der Waals surface area contributed by atoms with Gasteiger partial charge >= 0.3 is 0 Å². The molecule has 0 aliphatic rings. The quantitative estimate of drug-likeness (QED) is 0.739. The van der Waals surface area contributed by atoms with Gasteiger partial charge in [-0.1, -0.05) is 12.1 Å². The number of rotatable bonds is 5. The molecule has 0 aliphatic heterocycles. The van der Waals surface area contributed by atoms with Crippen LogP contribution in [-0.4, -0.2) is 39.4 Å². The second kappa shape index (κ2) is 7.23. The number of nitrogen functional groups attached to an aromatic ring is 1. The highest BCUT2D eigenvalue weighted by atomic mass is 16.2. The zero-order valence-corrected chi connectivity index (χ0v) is 14.2. The first-order valence-corrected chi connectivity index (χ1v) is 7.93. The number of benzene rings is 1. The largest absolute Gasteiger partial charge is 0.383 e. The third-order valence-corrected chi connectivity index (χ3v) is 3.69. The lowest BCUT2D eigenvalue weighted by Gasteiger charge is -2.16. The van der Waals surface area contributed by atoms with Gasteiger partial charge in [-0.3, -0.25) is 9.69 Å². The minimum atomic E-state index is -0.144. The SMILES string of the molecule is Cc1ccnc(NC(=O)CN(C)Cc2nc(N)c3ccccc3n2)c1. The number of amides is 1. The van der Waals surface area contributed by atoms with Gasteiger partial charge in [-0.25, -0.2) is 15.0 Å². The van der Waals surface area contributed by atoms with E-state index < -0.39 is 0 Å². The third-order valence-electron chi connectivity index (χ3n) is 3.69. The number of aryl methyl sites for hydroxylation is 1. The molecule has 2 heterocycles. The summed E-state index contributed by atoms with van der Waals surface area (Å²) >= 11 is 0. The average Bonchev–Trinajstić information content (AvgIpc) is 2.54. The molecule has 0 saturated carbocycles. The molecule has 2 aromatic heterocycles. The van der Waals surface area contributed by atoms with Crippen LogP contribution in [0.1, 0.15) is 11.4 Å². The maximum atomic E-state index is 12.1. The smallest absolute Gasteiger partial charge is 0.239 e. The molecule has 3 rings (SSSR count). The van der Waals surface area contributed by atoms with E-state index in [0.29, 0.717) is 24.0 Å². The molecule has 0 bridgehead atoms. The van der Waals surface area contributed by atoms with Crippen LogP contribution in [0.2, 0.25) is 0 Å². The Balaban J connectivity index is 1.64. The standard InChI is InChI=1S/C18H20N6O/c1-12-7-8-20-15(9-12)22-17(25)11-24(2)10-16-21-14-6-4-3-5-13(14)18(19)23-16/h3-9H,10-11H2,1-2H3,(H2,19,21,23)(H,20,22,25). The van der Waals surface area contributed by atoms with Crippen LogP contribution in [0.5, 0.6) is 0 Å². The molecular formula is C18H20N6O. The van der Waals surface area contributed by atoms with Gasteiger partial charge < -0.3 is 11.1 Å². The van der Waals surface area contributed by atoms with E-state index in [1.54, 1.807) is 6.20 Å². The minimum absolute atomic E-state index is 0.144. The molecule has 1 amide bonds. The second-order valence-corrected chi connectivity index (χ2v) is 5.98. The lowest BCUT2D eigenvalue weighted by molar-refractivity contribution is -0.117. The van der Waals surface area contributed by atoms with Crippen molar-refractivity contribution in [3.8, 4) is 0 Å². The van der Waals surface area contributed by atoms with Crippen molar-refractivity contribution in [3.63, 3.8) is 0 Å². The van der Waals surface area contributed by atoms with E-state index in [4.69, 9.17) is 5.73 Å². The molecule has 7 nitrogen and oxygen atoms in total. The summed E-state index contributed by atoms with van der Waals surface area (Å²) in [6, 6.07) is 11.3. The van der Waals surface area contributed by atoms with E-state index in [1.807, 2.05) is 55.3 Å². The van der Waals surface area contributed by atoms with E-state index in [0.717, 1.165) is 16.5 Å². The van der Waals surface area contributed by atoms with Crippen molar-refractivity contribution in [2.24, 2.45) is 0 Å². The third kappa shape index (κ3) is 4.27. The Hall–Kier alpha value is -3.06. The molecule has 0 spiro atoms. The first-order chi connectivity index (χ1) is 12.0. The Bertz CT molecular complexity index is 911. The number of carbonyl (C=O) groups is 1. The summed E-state index contributed by atoms with van der Waals surface area (Å²) in [5, 5.41) is 3.61. The van der Waals surface area contributed by atoms with Gasteiger partial charge in [-0.15, -0.1) is 0 Å². The molecule has 0 fully saturated rings. The number of pyridine rings is 1. The molecule has 25 heavy (non-hydrogen) atoms. The molecule has 3 aromatic rings. The number of nitrogens with one attached hydrogen (secondary N) is 1. The van der Waals surface area contributed by atoms with E-state index in [-0.39, 0.29) is 12.5 Å². The summed E-state index contributed by atoms with van der Waals surface area (Å²) in [6.45, 7) is 2.57. The normalized spacial score (nSPS) is 11.0. The fourth-order valence-corrected chi connectivity index (χ4v) is 2.55. The monoisotopic (exact) mass is 336 g/mol. The van der Waals surface area contributed by atoms with Gasteiger partial charge in [0.1, 0.15) is 17.5 Å². The van der Waals surface area contributed by atoms with Gasteiger partial charge in [0.05, 0.1) is 18.6 Å². The number of aromatic nitrogens is 3. The number of hydrogen-bond donors (Lipinski definition) is 2. The van der Waals surface area contributed by atoms with Crippen molar-refractivity contribution in [2.75, 3.05) is 24.6 Å². The summed E-state index contributed by atoms with van der Waals surface area (Å²) < 4.78 is 0. The fraction of sp³-hybridized carbons (Fsp3) is 0.222. The minimum Gasteiger partial charge on any atom is -0.383 e. The van der Waals surface area contributed by atoms with Crippen LogP contribution in [0, 0.1) is 6.92 Å². The highest BCUT2D eigenvalue weighted by Gasteiger charge is 2.11. The summed E-state index contributed by atoms with van der Waals surface area (Å²) in [4.78, 5) is 26.9. The fourth-order valence-electron chi connectivity index (χ4n) is 2.55. The molecule has 128 valence electrons. The summed E-state index contributed by atoms with van der Waals surface area (Å²) in [5.74, 6) is 1.43. The van der Waals surface area contributed by atoms with Crippen molar-refractivity contribution in [2.45, 2.75) is 13.5 Å². The van der Waals surface area contributed by atoms with Crippen molar-refractivity contribution in [1.82, 2.24) is 19.9 Å². The van der Waals surface area contributed by atoms with Gasteiger partial charge in [0, 0.05) is 11.6 Å². The Labute approximate surface area is 145 Å². The number of likely N-dealkylation sites (N-methyl/N-ethyl adjacent to an activating group) is 1. The summed E-state index contributed by atoms with van der Waals surface area (Å²) in [5.41, 5.74) is 7.83. The lowest BCUT2D eigenvalue weighted by Crippen LogP contribution is -2.30. The van der Waals surface area contributed by atoms with Crippen LogP contribution in [0.3, 0.4) is 0 Å². The van der Waals surface area contributed by atoms with Crippen molar-refractivity contribution in [1.29, 1.82) is 0 Å². The van der Waals surface area contributed by atoms with E-state index >= 15 is 0 Å². The molecule has 0 aliphatic carbocycles. The number of para-hydroxylation sites is 1. The van der Waals surface area contributed by atoms with Gasteiger partial charge in [-0.05, 0) is 43.8 Å². The number of carbonyl (C=O) groups excluding carboxylic acids is 1. The number of nitrogens with zero attached hydrogens (tertiary/aromatic N) is 4. The Kier molecular flexibility index (Phi) is 4.85. The maximum Gasteiger partial charge on any atom is 0.239 e. The van der Waals surface area contributed by atoms with Crippen molar-refractivity contribution >= 4 is 28.4 Å². The predicted molar refractivity (Wildman–Crippen MR) is 97.9 cm³/mol. The molecule has 0 unspecified atom stereocenters. The predicted octanol–water partition coefficient (Wildman–Crippen LogP) is 1.99. The molecule has 0 radical (unpaired) electrons. The van der Waals surface area contributed by atoms with Gasteiger partial charge in [0.15, 0.2) is 0 Å². The molecule has 0 saturated heterocycles. The Morgan fingerprint density at radius 1 is 1.24 bits per heavy atom. The van der Waals surface area contributed by atoms with Crippen LogP contribution in [0.4, 0.5) is 11.6 Å². The highest BCUT2D eigenvalue weighted by Crippen LogP contribution is 2.17. The highest BCUT2D eigenvalue weighted by molar-refractivity contribution is 5.91. The number of hydrogen-bond acceptors (Lipinski definition) is 6. The van der Waals surface area contributed by atoms with Crippen LogP contribution in [0.15, 0.2) is 42.6 Å². The zero-order valence-electron chi connectivity index (χ0n) is 14.2. The molecular weight excluding hydrogens is 316 g/mol. The lowest BCUT2D eigenvalue weighted by atomic mass is 10.2. The van der Waals surface area contributed by atoms with Gasteiger partial charge in [0.25, 0.3) is 0 Å². The van der Waals surface area contributed by atoms with Crippen molar-refractivity contribution < 1.29 is 4.79 Å². The molecule has 3 N–H and O–H groups in total. The number of anilines is 2. The van der Waals surface area contributed by atoms with E-state index in [2.05, 4.69) is 20.3 Å². The number of nitrogens with two attached hydrogens (primary N) is 1. The molecule has 1 aromatic carbocycles. The first-order valence-electron chi connectivity index (χ1n) is 7.93. The van der Waals surface area contributed by atoms with Crippen LogP contribution >= 0.6 is 0 Å². The van der Waals surface area contributed by atoms with Crippen LogP contribution in [-0.2, 0) is 11.3 Å². The van der Waals surface area contributed by atoms with Gasteiger partial charge in [0.2, 0.25) is 5.91 Å². The Morgan fingerprint density at radius 3 is 2.84 bits per heavy atom. The van der Waals surface area contributed by atoms with Gasteiger partial charge in [-0.2, -0.15) is 0 Å². The van der Waals surface area contributed by atoms with Crippen LogP contribution in [0.25, 0.3) is 10.9 Å². The molecule has 7 heteroatoms. The zero-order chi connectivity index (χ0) is 17.8. The summed E-state index contributed by atoms with van der Waals surface area (Å²) in [7, 11) is 1.83. The van der Waals surface area contributed by atoms with Crippen molar-refractivity contribution in [3.05, 3.63) is 54.0 Å². The van der Waals surface area contributed by atoms with E-state index in [9.17, 15) is 4.79 Å². The second-order valence-electron chi connectivity index (χ2n) is 5.98. The molecule has 0 atom stereocenters. The number of fused-ring (bicyclic) bond motifs is 1. The van der Waals surface area contributed by atoms with E-state index in [1.165, 1.54) is 0 Å². The average molecular weight is 336 g/mol. The topological polar surface area (TPSA) is 97.0 Å². The first kappa shape index (κ1) is 16.8. The summed E-state index contributed by atoms with van der Waals surface area (Å²) in [6.07, 6.45) is 1.67. The Morgan fingerprint density at radius 2 is 2.04 bits per heavy atom. The van der Waals surface area contributed by atoms with Crippen LogP contribution < -0.4 is 11.1 Å².